The Kier molecular flexibility index (Phi) is 5.22. The summed E-state index contributed by atoms with van der Waals surface area (Å²) in [6, 6.07) is 6.44. The fourth-order valence-electron chi connectivity index (χ4n) is 1.43. The molecular weight excluding hydrogens is 243 g/mol. The van der Waals surface area contributed by atoms with E-state index in [0.29, 0.717) is 5.56 Å². The molecule has 0 amide bonds. The van der Waals surface area contributed by atoms with Gasteiger partial charge in [-0.3, -0.25) is 4.79 Å². The number of aliphatic hydroxyl groups is 1. The Labute approximate surface area is 99.9 Å². The standard InChI is InChI=1S/C11H13O5P/c1-8(11(13)16-7-6-12)9-4-2-3-5-10(9)17(14)15/h2-5,8,12H,6-7H2,1H3/p+1. The zero-order valence-corrected chi connectivity index (χ0v) is 10.3. The van der Waals surface area contributed by atoms with Gasteiger partial charge < -0.3 is 9.84 Å². The van der Waals surface area contributed by atoms with Crippen molar-refractivity contribution in [2.24, 2.45) is 0 Å². The van der Waals surface area contributed by atoms with Crippen LogP contribution in [0, 0.1) is 0 Å². The van der Waals surface area contributed by atoms with Crippen LogP contribution in [0.3, 0.4) is 0 Å². The largest absolute Gasteiger partial charge is 0.546 e. The van der Waals surface area contributed by atoms with Gasteiger partial charge in [0.1, 0.15) is 6.61 Å². The van der Waals surface area contributed by atoms with E-state index in [4.69, 9.17) is 14.7 Å². The number of carbonyl (C=O) groups excluding carboxylic acids is 1. The van der Waals surface area contributed by atoms with E-state index in [2.05, 4.69) is 0 Å². The van der Waals surface area contributed by atoms with Gasteiger partial charge >= 0.3 is 14.0 Å². The number of carbonyl (C=O) groups is 1. The van der Waals surface area contributed by atoms with Crippen molar-refractivity contribution in [1.29, 1.82) is 0 Å². The highest BCUT2D eigenvalue weighted by atomic mass is 31.1. The number of benzene rings is 1. The molecule has 5 nitrogen and oxygen atoms in total. The summed E-state index contributed by atoms with van der Waals surface area (Å²) < 4.78 is 15.9. The van der Waals surface area contributed by atoms with Gasteiger partial charge in [0.2, 0.25) is 5.30 Å². The number of hydrogen-bond donors (Lipinski definition) is 2. The Hall–Kier alpha value is -1.29. The van der Waals surface area contributed by atoms with Crippen LogP contribution in [0.5, 0.6) is 0 Å². The first-order valence-electron chi connectivity index (χ1n) is 5.10. The topological polar surface area (TPSA) is 83.8 Å². The smallest absolute Gasteiger partial charge is 0.463 e. The molecule has 0 heterocycles. The molecule has 2 unspecified atom stereocenters. The lowest BCUT2D eigenvalue weighted by atomic mass is 10.0. The van der Waals surface area contributed by atoms with E-state index in [0.717, 1.165) is 0 Å². The monoisotopic (exact) mass is 257 g/mol. The minimum absolute atomic E-state index is 0.0728. The van der Waals surface area contributed by atoms with Crippen molar-refractivity contribution in [3.63, 3.8) is 0 Å². The Balaban J connectivity index is 2.91. The molecule has 0 spiro atoms. The first-order chi connectivity index (χ1) is 8.07. The quantitative estimate of drug-likeness (QED) is 0.598. The molecule has 1 aromatic carbocycles. The van der Waals surface area contributed by atoms with Crippen molar-refractivity contribution >= 4 is 19.3 Å². The maximum Gasteiger partial charge on any atom is 0.546 e. The van der Waals surface area contributed by atoms with E-state index in [1.165, 1.54) is 6.07 Å². The van der Waals surface area contributed by atoms with Crippen molar-refractivity contribution in [3.8, 4) is 0 Å². The molecule has 0 aromatic heterocycles. The van der Waals surface area contributed by atoms with E-state index in [9.17, 15) is 9.36 Å². The van der Waals surface area contributed by atoms with Crippen LogP contribution in [0.2, 0.25) is 0 Å². The SMILES string of the molecule is CC(C(=O)OCCO)c1ccccc1[P+](=O)O. The summed E-state index contributed by atoms with van der Waals surface area (Å²) in [7, 11) is -2.49. The molecule has 0 aliphatic heterocycles. The van der Waals surface area contributed by atoms with Gasteiger partial charge in [0.15, 0.2) is 0 Å². The molecule has 0 saturated heterocycles. The maximum absolute atomic E-state index is 11.6. The molecule has 0 aliphatic rings. The number of rotatable bonds is 5. The van der Waals surface area contributed by atoms with Crippen LogP contribution in [-0.2, 0) is 14.1 Å². The van der Waals surface area contributed by atoms with Gasteiger partial charge in [-0.05, 0) is 17.6 Å². The molecule has 0 saturated carbocycles. The normalized spacial score (nSPS) is 13.0. The van der Waals surface area contributed by atoms with Crippen molar-refractivity contribution in [1.82, 2.24) is 0 Å². The lowest BCUT2D eigenvalue weighted by Gasteiger charge is -2.10. The molecule has 0 fully saturated rings. The average Bonchev–Trinajstić information content (AvgIpc) is 2.34. The van der Waals surface area contributed by atoms with E-state index in [-0.39, 0.29) is 18.5 Å². The fraction of sp³-hybridized carbons (Fsp3) is 0.364. The lowest BCUT2D eigenvalue weighted by molar-refractivity contribution is -0.146. The Morgan fingerprint density at radius 3 is 2.71 bits per heavy atom. The predicted octanol–water partition coefficient (Wildman–Crippen LogP) is 0.686. The summed E-state index contributed by atoms with van der Waals surface area (Å²) in [5, 5.41) is 8.78. The van der Waals surface area contributed by atoms with Crippen LogP contribution in [0.15, 0.2) is 24.3 Å². The zero-order chi connectivity index (χ0) is 12.8. The third kappa shape index (κ3) is 3.60. The van der Waals surface area contributed by atoms with E-state index in [1.807, 2.05) is 0 Å². The van der Waals surface area contributed by atoms with Crippen molar-refractivity contribution < 1.29 is 24.1 Å². The van der Waals surface area contributed by atoms with Crippen molar-refractivity contribution in [3.05, 3.63) is 29.8 Å². The molecule has 0 bridgehead atoms. The molecule has 1 aromatic rings. The lowest BCUT2D eigenvalue weighted by Crippen LogP contribution is -2.19. The van der Waals surface area contributed by atoms with Gasteiger partial charge in [-0.2, -0.15) is 4.89 Å². The van der Waals surface area contributed by atoms with Gasteiger partial charge in [0, 0.05) is 5.56 Å². The molecule has 2 atom stereocenters. The van der Waals surface area contributed by atoms with Gasteiger partial charge in [0.25, 0.3) is 0 Å². The van der Waals surface area contributed by atoms with Gasteiger partial charge in [-0.1, -0.05) is 18.2 Å². The first kappa shape index (κ1) is 13.8. The highest BCUT2D eigenvalue weighted by Crippen LogP contribution is 2.23. The summed E-state index contributed by atoms with van der Waals surface area (Å²) in [5.41, 5.74) is 0.471. The highest BCUT2D eigenvalue weighted by Gasteiger charge is 2.28. The Bertz CT molecular complexity index is 418. The van der Waals surface area contributed by atoms with Crippen molar-refractivity contribution in [2.75, 3.05) is 13.2 Å². The molecule has 17 heavy (non-hydrogen) atoms. The molecular formula is C11H14O5P+. The summed E-state index contributed by atoms with van der Waals surface area (Å²) in [6.07, 6.45) is 0. The van der Waals surface area contributed by atoms with E-state index in [1.54, 1.807) is 25.1 Å². The predicted molar refractivity (Wildman–Crippen MR) is 62.4 cm³/mol. The number of aliphatic hydroxyl groups excluding tert-OH is 1. The first-order valence-corrected chi connectivity index (χ1v) is 6.31. The molecule has 6 heteroatoms. The molecule has 92 valence electrons. The summed E-state index contributed by atoms with van der Waals surface area (Å²) >= 11 is 0. The van der Waals surface area contributed by atoms with Gasteiger partial charge in [-0.25, -0.2) is 0 Å². The third-order valence-electron chi connectivity index (χ3n) is 2.30. The number of ether oxygens (including phenoxy) is 1. The van der Waals surface area contributed by atoms with Crippen LogP contribution >= 0.6 is 8.03 Å². The molecule has 0 aliphatic carbocycles. The number of hydrogen-bond acceptors (Lipinski definition) is 4. The summed E-state index contributed by atoms with van der Waals surface area (Å²) in [5.74, 6) is -1.16. The van der Waals surface area contributed by atoms with Crippen LogP contribution in [0.4, 0.5) is 0 Å². The second kappa shape index (κ2) is 6.45. The minimum atomic E-state index is -2.49. The zero-order valence-electron chi connectivity index (χ0n) is 9.37. The van der Waals surface area contributed by atoms with Crippen molar-refractivity contribution in [2.45, 2.75) is 12.8 Å². The van der Waals surface area contributed by atoms with Crippen LogP contribution in [0.1, 0.15) is 18.4 Å². The van der Waals surface area contributed by atoms with Gasteiger partial charge in [-0.15, -0.1) is 0 Å². The van der Waals surface area contributed by atoms with Crippen LogP contribution in [-0.4, -0.2) is 29.2 Å². The summed E-state index contributed by atoms with van der Waals surface area (Å²) in [6.45, 7) is 1.28. The van der Waals surface area contributed by atoms with E-state index >= 15 is 0 Å². The minimum Gasteiger partial charge on any atom is -0.463 e. The fourth-order valence-corrected chi connectivity index (χ4v) is 2.13. The van der Waals surface area contributed by atoms with Gasteiger partial charge in [0.05, 0.1) is 12.5 Å². The molecule has 0 radical (unpaired) electrons. The Morgan fingerprint density at radius 1 is 1.47 bits per heavy atom. The molecule has 1 rings (SSSR count). The molecule has 2 N–H and O–H groups in total. The third-order valence-corrected chi connectivity index (χ3v) is 3.12. The van der Waals surface area contributed by atoms with Crippen LogP contribution in [0.25, 0.3) is 0 Å². The Morgan fingerprint density at radius 2 is 2.12 bits per heavy atom. The maximum atomic E-state index is 11.6. The van der Waals surface area contributed by atoms with E-state index < -0.39 is 19.9 Å². The van der Waals surface area contributed by atoms with Crippen LogP contribution < -0.4 is 5.30 Å². The second-order valence-corrected chi connectivity index (χ2v) is 4.47. The highest BCUT2D eigenvalue weighted by molar-refractivity contribution is 7.47. The average molecular weight is 257 g/mol. The summed E-state index contributed by atoms with van der Waals surface area (Å²) in [4.78, 5) is 20.7. The second-order valence-electron chi connectivity index (χ2n) is 3.44. The number of esters is 1.